The average molecular weight is 367 g/mol. The number of alkyl halides is 3. The Morgan fingerprint density at radius 2 is 1.88 bits per heavy atom. The molecule has 8 heteroatoms. The number of hydrogen-bond acceptors (Lipinski definition) is 2. The number of H-pyrrole nitrogens is 1. The van der Waals surface area contributed by atoms with Crippen LogP contribution < -0.4 is 10.9 Å². The van der Waals surface area contributed by atoms with Gasteiger partial charge in [-0.1, -0.05) is 17.7 Å². The summed E-state index contributed by atoms with van der Waals surface area (Å²) in [5.74, 6) is -1.13. The smallest absolute Gasteiger partial charge is 0.347 e. The highest BCUT2D eigenvalue weighted by molar-refractivity contribution is 5.78. The van der Waals surface area contributed by atoms with Gasteiger partial charge in [0.25, 0.3) is 5.56 Å². The SMILES string of the molecule is Cc1ccc(-n2[nH]c3c(c2=O)CCC(C(=O)NCC(F)(F)F)CC3)cc1. The summed E-state index contributed by atoms with van der Waals surface area (Å²) in [5.41, 5.74) is 3.01. The molecule has 1 aromatic heterocycles. The van der Waals surface area contributed by atoms with Crippen molar-refractivity contribution in [2.75, 3.05) is 6.54 Å². The summed E-state index contributed by atoms with van der Waals surface area (Å²) in [4.78, 5) is 24.6. The van der Waals surface area contributed by atoms with Gasteiger partial charge >= 0.3 is 6.18 Å². The number of hydrogen-bond donors (Lipinski definition) is 2. The number of aromatic nitrogens is 2. The normalized spacial score (nSPS) is 17.5. The number of aryl methyl sites for hydroxylation is 2. The van der Waals surface area contributed by atoms with Crippen molar-refractivity contribution in [3.8, 4) is 5.69 Å². The number of carbonyl (C=O) groups excluding carboxylic acids is 1. The molecule has 0 saturated carbocycles. The van der Waals surface area contributed by atoms with Crippen molar-refractivity contribution in [1.82, 2.24) is 15.1 Å². The highest BCUT2D eigenvalue weighted by atomic mass is 19.4. The number of nitrogens with one attached hydrogen (secondary N) is 2. The van der Waals surface area contributed by atoms with Gasteiger partial charge in [-0.25, -0.2) is 4.68 Å². The van der Waals surface area contributed by atoms with Crippen LogP contribution in [0, 0.1) is 12.8 Å². The Balaban J connectivity index is 1.73. The number of carbonyl (C=O) groups is 1. The predicted octanol–water partition coefficient (Wildman–Crippen LogP) is 2.65. The van der Waals surface area contributed by atoms with Crippen molar-refractivity contribution >= 4 is 5.91 Å². The molecule has 1 atom stereocenters. The molecule has 1 heterocycles. The summed E-state index contributed by atoms with van der Waals surface area (Å²) in [6.45, 7) is 0.633. The Hall–Kier alpha value is -2.51. The third kappa shape index (κ3) is 4.00. The number of fused-ring (bicyclic) bond motifs is 1. The predicted molar refractivity (Wildman–Crippen MR) is 90.3 cm³/mol. The van der Waals surface area contributed by atoms with Crippen LogP contribution in [0.25, 0.3) is 5.69 Å². The minimum absolute atomic E-state index is 0.166. The van der Waals surface area contributed by atoms with Gasteiger partial charge in [0.2, 0.25) is 5.91 Å². The van der Waals surface area contributed by atoms with Crippen LogP contribution in [0.4, 0.5) is 13.2 Å². The molecule has 0 saturated heterocycles. The Morgan fingerprint density at radius 3 is 2.54 bits per heavy atom. The lowest BCUT2D eigenvalue weighted by molar-refractivity contribution is -0.141. The molecule has 0 aliphatic heterocycles. The maximum absolute atomic E-state index is 12.7. The van der Waals surface area contributed by atoms with Crippen LogP contribution in [0.3, 0.4) is 0 Å². The molecule has 1 aliphatic carbocycles. The average Bonchev–Trinajstić information content (AvgIpc) is 2.77. The van der Waals surface area contributed by atoms with E-state index in [9.17, 15) is 22.8 Å². The van der Waals surface area contributed by atoms with E-state index in [4.69, 9.17) is 0 Å². The molecule has 1 aliphatic rings. The van der Waals surface area contributed by atoms with E-state index in [2.05, 4.69) is 5.10 Å². The molecule has 0 radical (unpaired) electrons. The molecular weight excluding hydrogens is 347 g/mol. The summed E-state index contributed by atoms with van der Waals surface area (Å²) in [5, 5.41) is 5.02. The number of nitrogens with zero attached hydrogens (tertiary/aromatic N) is 1. The summed E-state index contributed by atoms with van der Waals surface area (Å²) < 4.78 is 38.2. The van der Waals surface area contributed by atoms with E-state index in [0.29, 0.717) is 31.2 Å². The fourth-order valence-electron chi connectivity index (χ4n) is 3.23. The zero-order valence-corrected chi connectivity index (χ0v) is 14.3. The fraction of sp³-hybridized carbons (Fsp3) is 0.444. The fourth-order valence-corrected chi connectivity index (χ4v) is 3.23. The van der Waals surface area contributed by atoms with E-state index in [1.807, 2.05) is 36.5 Å². The highest BCUT2D eigenvalue weighted by Gasteiger charge is 2.31. The second kappa shape index (κ2) is 7.01. The number of aromatic amines is 1. The summed E-state index contributed by atoms with van der Waals surface area (Å²) >= 11 is 0. The van der Waals surface area contributed by atoms with Gasteiger partial charge in [-0.15, -0.1) is 0 Å². The van der Waals surface area contributed by atoms with Gasteiger partial charge in [0.05, 0.1) is 5.69 Å². The molecule has 1 aromatic carbocycles. The first-order valence-corrected chi connectivity index (χ1v) is 8.49. The van der Waals surface area contributed by atoms with Crippen LogP contribution in [0.2, 0.25) is 0 Å². The Kier molecular flexibility index (Phi) is 4.93. The van der Waals surface area contributed by atoms with Crippen molar-refractivity contribution < 1.29 is 18.0 Å². The van der Waals surface area contributed by atoms with Crippen LogP contribution in [0.15, 0.2) is 29.1 Å². The van der Waals surface area contributed by atoms with Gasteiger partial charge in [-0.3, -0.25) is 14.7 Å². The van der Waals surface area contributed by atoms with Gasteiger partial charge in [0.1, 0.15) is 6.54 Å². The maximum atomic E-state index is 12.7. The molecule has 1 unspecified atom stereocenters. The van der Waals surface area contributed by atoms with Crippen molar-refractivity contribution in [2.45, 2.75) is 38.8 Å². The zero-order chi connectivity index (χ0) is 18.9. The lowest BCUT2D eigenvalue weighted by Gasteiger charge is -2.15. The molecule has 2 N–H and O–H groups in total. The standard InChI is InChI=1S/C18H20F3N3O2/c1-11-2-6-13(7-3-11)24-17(26)14-8-4-12(5-9-15(14)23-24)16(25)22-10-18(19,20)21/h2-3,6-7,12,23H,4-5,8-10H2,1H3,(H,22,25). The highest BCUT2D eigenvalue weighted by Crippen LogP contribution is 2.23. The minimum Gasteiger partial charge on any atom is -0.347 e. The van der Waals surface area contributed by atoms with Gasteiger partial charge < -0.3 is 5.32 Å². The summed E-state index contributed by atoms with van der Waals surface area (Å²) in [7, 11) is 0. The Morgan fingerprint density at radius 1 is 1.23 bits per heavy atom. The van der Waals surface area contributed by atoms with Gasteiger partial charge in [0.15, 0.2) is 0 Å². The molecule has 1 amide bonds. The summed E-state index contributed by atoms with van der Waals surface area (Å²) in [6, 6.07) is 7.52. The number of rotatable bonds is 3. The summed E-state index contributed by atoms with van der Waals surface area (Å²) in [6.07, 6.45) is -2.84. The van der Waals surface area contributed by atoms with Crippen molar-refractivity contribution in [3.63, 3.8) is 0 Å². The first-order chi connectivity index (χ1) is 12.2. The van der Waals surface area contributed by atoms with E-state index < -0.39 is 24.5 Å². The minimum atomic E-state index is -4.42. The largest absolute Gasteiger partial charge is 0.405 e. The second-order valence-corrected chi connectivity index (χ2v) is 6.65. The maximum Gasteiger partial charge on any atom is 0.405 e. The topological polar surface area (TPSA) is 66.9 Å². The lowest BCUT2D eigenvalue weighted by Crippen LogP contribution is -2.37. The Bertz CT molecular complexity index is 850. The quantitative estimate of drug-likeness (QED) is 0.819. The lowest BCUT2D eigenvalue weighted by atomic mass is 9.99. The van der Waals surface area contributed by atoms with E-state index in [1.54, 1.807) is 0 Å². The molecule has 2 aromatic rings. The first kappa shape index (κ1) is 18.3. The van der Waals surface area contributed by atoms with Gasteiger partial charge in [-0.2, -0.15) is 13.2 Å². The molecule has 26 heavy (non-hydrogen) atoms. The molecule has 0 spiro atoms. The van der Waals surface area contributed by atoms with Crippen molar-refractivity contribution in [3.05, 3.63) is 51.4 Å². The van der Waals surface area contributed by atoms with Crippen LogP contribution in [-0.2, 0) is 17.6 Å². The van der Waals surface area contributed by atoms with E-state index >= 15 is 0 Å². The third-order valence-electron chi connectivity index (χ3n) is 4.68. The molecule has 140 valence electrons. The molecule has 5 nitrogen and oxygen atoms in total. The number of halogens is 3. The third-order valence-corrected chi connectivity index (χ3v) is 4.68. The van der Waals surface area contributed by atoms with Crippen LogP contribution in [0.5, 0.6) is 0 Å². The second-order valence-electron chi connectivity index (χ2n) is 6.65. The monoisotopic (exact) mass is 367 g/mol. The van der Waals surface area contributed by atoms with Gasteiger partial charge in [-0.05, 0) is 44.7 Å². The number of benzene rings is 1. The van der Waals surface area contributed by atoms with Gasteiger partial charge in [0, 0.05) is 17.2 Å². The van der Waals surface area contributed by atoms with E-state index in [-0.39, 0.29) is 5.56 Å². The first-order valence-electron chi connectivity index (χ1n) is 8.49. The zero-order valence-electron chi connectivity index (χ0n) is 14.3. The van der Waals surface area contributed by atoms with Crippen LogP contribution in [-0.4, -0.2) is 28.4 Å². The molecular formula is C18H20F3N3O2. The van der Waals surface area contributed by atoms with Crippen LogP contribution in [0.1, 0.15) is 29.7 Å². The van der Waals surface area contributed by atoms with E-state index in [0.717, 1.165) is 16.9 Å². The van der Waals surface area contributed by atoms with Crippen LogP contribution >= 0.6 is 0 Å². The molecule has 0 fully saturated rings. The molecule has 0 bridgehead atoms. The molecule has 3 rings (SSSR count). The van der Waals surface area contributed by atoms with Crippen molar-refractivity contribution in [1.29, 1.82) is 0 Å². The number of amides is 1. The Labute approximate surface area is 148 Å². The van der Waals surface area contributed by atoms with E-state index in [1.165, 1.54) is 4.68 Å². The van der Waals surface area contributed by atoms with Crippen molar-refractivity contribution in [2.24, 2.45) is 5.92 Å².